The Morgan fingerprint density at radius 3 is 2.60 bits per heavy atom. The van der Waals surface area contributed by atoms with Crippen LogP contribution in [-0.4, -0.2) is 52.4 Å². The molecule has 1 fully saturated rings. The van der Waals surface area contributed by atoms with E-state index in [1.54, 1.807) is 0 Å². The van der Waals surface area contributed by atoms with Crippen molar-refractivity contribution in [2.75, 3.05) is 6.54 Å². The predicted octanol–water partition coefficient (Wildman–Crippen LogP) is -2.11. The average molecular weight is 309 g/mol. The van der Waals surface area contributed by atoms with Crippen molar-refractivity contribution >= 4 is 36.0 Å². The lowest BCUT2D eigenvalue weighted by Gasteiger charge is -2.30. The van der Waals surface area contributed by atoms with Crippen LogP contribution in [-0.2, 0) is 19.2 Å². The number of carbonyl (C=O) groups is 4. The van der Waals surface area contributed by atoms with Crippen LogP contribution in [0.2, 0.25) is 0 Å². The summed E-state index contributed by atoms with van der Waals surface area (Å²) >= 11 is 0. The Morgan fingerprint density at radius 2 is 2.10 bits per heavy atom. The lowest BCUT2D eigenvalue weighted by Crippen LogP contribution is -2.57. The number of imide groups is 1. The lowest BCUT2D eigenvalue weighted by atomic mass is 10.0. The third kappa shape index (κ3) is 4.44. The SMILES string of the molecule is C[C@H](N)C(=O)N[C@H]1CCC(=O)N(CC(=O)NO)C1=O.Cl. The predicted molar refractivity (Wildman–Crippen MR) is 68.7 cm³/mol. The number of nitrogens with zero attached hydrogens (tertiary/aromatic N) is 1. The van der Waals surface area contributed by atoms with Crippen LogP contribution in [0.4, 0.5) is 0 Å². The molecule has 1 saturated heterocycles. The van der Waals surface area contributed by atoms with Gasteiger partial charge in [0.05, 0.1) is 6.04 Å². The second-order valence-corrected chi connectivity index (χ2v) is 4.24. The van der Waals surface area contributed by atoms with Gasteiger partial charge in [0, 0.05) is 6.42 Å². The van der Waals surface area contributed by atoms with E-state index in [-0.39, 0.29) is 25.2 Å². The maximum atomic E-state index is 11.9. The van der Waals surface area contributed by atoms with Gasteiger partial charge >= 0.3 is 0 Å². The molecular weight excluding hydrogens is 292 g/mol. The summed E-state index contributed by atoms with van der Waals surface area (Å²) < 4.78 is 0. The van der Waals surface area contributed by atoms with Gasteiger partial charge in [0.25, 0.3) is 11.8 Å². The molecule has 0 aliphatic carbocycles. The molecule has 4 amide bonds. The normalized spacial score (nSPS) is 19.9. The minimum atomic E-state index is -0.888. The summed E-state index contributed by atoms with van der Waals surface area (Å²) in [5.74, 6) is -2.62. The van der Waals surface area contributed by atoms with Crippen LogP contribution in [0.3, 0.4) is 0 Å². The minimum Gasteiger partial charge on any atom is -0.343 e. The second kappa shape index (κ2) is 7.78. The molecule has 1 aliphatic rings. The molecule has 0 unspecified atom stereocenters. The van der Waals surface area contributed by atoms with Crippen LogP contribution in [0.5, 0.6) is 0 Å². The first kappa shape index (κ1) is 18.3. The summed E-state index contributed by atoms with van der Waals surface area (Å²) in [4.78, 5) is 46.6. The van der Waals surface area contributed by atoms with Crippen molar-refractivity contribution in [1.29, 1.82) is 0 Å². The number of nitrogens with one attached hydrogen (secondary N) is 2. The molecule has 0 bridgehead atoms. The Morgan fingerprint density at radius 1 is 1.50 bits per heavy atom. The van der Waals surface area contributed by atoms with E-state index in [4.69, 9.17) is 10.9 Å². The molecule has 10 heteroatoms. The molecule has 1 rings (SSSR count). The number of carbonyl (C=O) groups excluding carboxylic acids is 4. The molecule has 1 heterocycles. The van der Waals surface area contributed by atoms with Crippen LogP contribution in [0.25, 0.3) is 0 Å². The molecule has 1 aliphatic heterocycles. The number of rotatable bonds is 4. The third-order valence-corrected chi connectivity index (χ3v) is 2.67. The van der Waals surface area contributed by atoms with Gasteiger partial charge in [-0.3, -0.25) is 29.3 Å². The molecule has 0 spiro atoms. The largest absolute Gasteiger partial charge is 0.343 e. The van der Waals surface area contributed by atoms with Gasteiger partial charge in [0.2, 0.25) is 11.8 Å². The zero-order valence-electron chi connectivity index (χ0n) is 10.8. The van der Waals surface area contributed by atoms with Gasteiger partial charge in [-0.05, 0) is 13.3 Å². The first-order chi connectivity index (χ1) is 8.86. The molecule has 0 aromatic carbocycles. The Labute approximate surface area is 121 Å². The number of piperidine rings is 1. The monoisotopic (exact) mass is 308 g/mol. The molecule has 114 valence electrons. The van der Waals surface area contributed by atoms with Gasteiger partial charge in [-0.2, -0.15) is 0 Å². The van der Waals surface area contributed by atoms with Crippen molar-refractivity contribution in [3.8, 4) is 0 Å². The Balaban J connectivity index is 0.00000361. The molecule has 9 nitrogen and oxygen atoms in total. The number of amides is 4. The fourth-order valence-electron chi connectivity index (χ4n) is 1.62. The summed E-state index contributed by atoms with van der Waals surface area (Å²) in [6.45, 7) is 0.878. The highest BCUT2D eigenvalue weighted by molar-refractivity contribution is 6.04. The molecule has 0 aromatic heterocycles. The van der Waals surface area contributed by atoms with Crippen LogP contribution in [0.15, 0.2) is 0 Å². The molecule has 0 aromatic rings. The Kier molecular flexibility index (Phi) is 7.11. The van der Waals surface area contributed by atoms with Crippen molar-refractivity contribution in [1.82, 2.24) is 15.7 Å². The van der Waals surface area contributed by atoms with Crippen LogP contribution in [0.1, 0.15) is 19.8 Å². The standard InChI is InChI=1S/C10H16N4O5.ClH/c1-5(11)9(17)12-6-2-3-8(16)14(10(6)18)4-7(15)13-19;/h5-6,19H,2-4,11H2,1H3,(H,12,17)(H,13,15);1H/t5-,6-;/m0./s1. The molecule has 20 heavy (non-hydrogen) atoms. The van der Waals surface area contributed by atoms with E-state index in [0.29, 0.717) is 4.90 Å². The van der Waals surface area contributed by atoms with Gasteiger partial charge in [-0.15, -0.1) is 12.4 Å². The summed E-state index contributed by atoms with van der Waals surface area (Å²) in [6.07, 6.45) is 0.182. The summed E-state index contributed by atoms with van der Waals surface area (Å²) in [5, 5.41) is 10.8. The van der Waals surface area contributed by atoms with Gasteiger partial charge < -0.3 is 11.1 Å². The summed E-state index contributed by atoms with van der Waals surface area (Å²) in [7, 11) is 0. The zero-order chi connectivity index (χ0) is 14.6. The van der Waals surface area contributed by atoms with Gasteiger partial charge in [0.15, 0.2) is 0 Å². The highest BCUT2D eigenvalue weighted by atomic mass is 35.5. The number of nitrogens with two attached hydrogens (primary N) is 1. The van der Waals surface area contributed by atoms with E-state index in [2.05, 4.69) is 5.32 Å². The van der Waals surface area contributed by atoms with Crippen LogP contribution >= 0.6 is 12.4 Å². The maximum Gasteiger partial charge on any atom is 0.263 e. The number of halogens is 1. The van der Waals surface area contributed by atoms with Gasteiger partial charge in [0.1, 0.15) is 12.6 Å². The van der Waals surface area contributed by atoms with E-state index >= 15 is 0 Å². The van der Waals surface area contributed by atoms with E-state index in [1.165, 1.54) is 12.4 Å². The van der Waals surface area contributed by atoms with E-state index in [1.807, 2.05) is 0 Å². The van der Waals surface area contributed by atoms with Crippen molar-refractivity contribution in [2.24, 2.45) is 5.73 Å². The Hall–Kier alpha value is -1.71. The molecular formula is C10H17ClN4O5. The van der Waals surface area contributed by atoms with Crippen molar-refractivity contribution < 1.29 is 24.4 Å². The fourth-order valence-corrected chi connectivity index (χ4v) is 1.62. The summed E-state index contributed by atoms with van der Waals surface area (Å²) in [6, 6.07) is -1.66. The maximum absolute atomic E-state index is 11.9. The smallest absolute Gasteiger partial charge is 0.263 e. The molecule has 0 radical (unpaired) electrons. The average Bonchev–Trinajstić information content (AvgIpc) is 2.37. The van der Waals surface area contributed by atoms with Crippen LogP contribution in [0, 0.1) is 0 Å². The zero-order valence-corrected chi connectivity index (χ0v) is 11.6. The minimum absolute atomic E-state index is 0. The molecule has 0 saturated carbocycles. The van der Waals surface area contributed by atoms with Crippen molar-refractivity contribution in [3.05, 3.63) is 0 Å². The van der Waals surface area contributed by atoms with E-state index in [9.17, 15) is 19.2 Å². The first-order valence-corrected chi connectivity index (χ1v) is 5.70. The second-order valence-electron chi connectivity index (χ2n) is 4.24. The number of hydroxylamine groups is 1. The lowest BCUT2D eigenvalue weighted by molar-refractivity contribution is -0.154. The highest BCUT2D eigenvalue weighted by Gasteiger charge is 2.36. The van der Waals surface area contributed by atoms with Crippen LogP contribution < -0.4 is 16.5 Å². The van der Waals surface area contributed by atoms with Gasteiger partial charge in [-0.25, -0.2) is 5.48 Å². The number of hydrogen-bond acceptors (Lipinski definition) is 6. The van der Waals surface area contributed by atoms with E-state index in [0.717, 1.165) is 0 Å². The Bertz CT molecular complexity index is 414. The topological polar surface area (TPSA) is 142 Å². The third-order valence-electron chi connectivity index (χ3n) is 2.67. The fraction of sp³-hybridized carbons (Fsp3) is 0.600. The van der Waals surface area contributed by atoms with E-state index < -0.39 is 42.3 Å². The van der Waals surface area contributed by atoms with Crippen molar-refractivity contribution in [2.45, 2.75) is 31.8 Å². The summed E-state index contributed by atoms with van der Waals surface area (Å²) in [5.41, 5.74) is 6.70. The molecule has 2 atom stereocenters. The highest BCUT2D eigenvalue weighted by Crippen LogP contribution is 2.13. The number of hydrogen-bond donors (Lipinski definition) is 4. The van der Waals surface area contributed by atoms with Crippen molar-refractivity contribution in [3.63, 3.8) is 0 Å². The molecule has 5 N–H and O–H groups in total. The first-order valence-electron chi connectivity index (χ1n) is 5.70. The quantitative estimate of drug-likeness (QED) is 0.266. The number of likely N-dealkylation sites (tertiary alicyclic amines) is 1. The van der Waals surface area contributed by atoms with Gasteiger partial charge in [-0.1, -0.05) is 0 Å².